The molecule has 1 atom stereocenters. The zero-order chi connectivity index (χ0) is 19.2. The van der Waals surface area contributed by atoms with Crippen molar-refractivity contribution in [1.82, 2.24) is 0 Å². The molecule has 140 valence electrons. The topological polar surface area (TPSA) is 50.4 Å². The fraction of sp³-hybridized carbons (Fsp3) is 0.261. The average molecular weight is 427 g/mol. The van der Waals surface area contributed by atoms with Gasteiger partial charge in [-0.3, -0.25) is 0 Å². The van der Waals surface area contributed by atoms with Crippen molar-refractivity contribution in [3.63, 3.8) is 0 Å². The number of aromatic hydroxyl groups is 1. The molecular formula is C23H23BrO3. The minimum absolute atomic E-state index is 0.0238. The molecule has 0 spiro atoms. The van der Waals surface area contributed by atoms with E-state index in [1.165, 1.54) is 5.56 Å². The summed E-state index contributed by atoms with van der Waals surface area (Å²) in [5, 5.41) is 10.6. The summed E-state index contributed by atoms with van der Waals surface area (Å²) in [4.78, 5) is 12.7. The molecule has 0 aliphatic heterocycles. The lowest BCUT2D eigenvalue weighted by Crippen LogP contribution is -2.15. The van der Waals surface area contributed by atoms with E-state index in [0.717, 1.165) is 29.3 Å². The van der Waals surface area contributed by atoms with Crippen LogP contribution in [0.15, 0.2) is 74.3 Å². The Balaban J connectivity index is 1.88. The Morgan fingerprint density at radius 1 is 1.04 bits per heavy atom. The molecule has 3 nitrogen and oxygen atoms in total. The maximum absolute atomic E-state index is 12.7. The first-order valence-electron chi connectivity index (χ1n) is 9.23. The zero-order valence-corrected chi connectivity index (χ0v) is 16.9. The standard InChI is InChI=1S/C23H23BrO3/c1-2-6-20(17-10-12-18(24)13-11-17)22-21(25)15-19(27-23(22)26)14-9-16-7-4-3-5-8-16/h3-5,7-8,10-13,15,20,25H,2,6,9,14H2,1H3. The molecule has 0 aliphatic rings. The van der Waals surface area contributed by atoms with E-state index in [0.29, 0.717) is 17.7 Å². The Hall–Kier alpha value is -2.33. The lowest BCUT2D eigenvalue weighted by Gasteiger charge is -2.17. The summed E-state index contributed by atoms with van der Waals surface area (Å²) in [7, 11) is 0. The predicted molar refractivity (Wildman–Crippen MR) is 111 cm³/mol. The number of aryl methyl sites for hydroxylation is 2. The van der Waals surface area contributed by atoms with Crippen LogP contribution >= 0.6 is 15.9 Å². The third-order valence-corrected chi connectivity index (χ3v) is 5.25. The fourth-order valence-electron chi connectivity index (χ4n) is 3.36. The maximum atomic E-state index is 12.7. The minimum Gasteiger partial charge on any atom is -0.507 e. The SMILES string of the molecule is CCCC(c1ccc(Br)cc1)c1c(O)cc(CCc2ccccc2)oc1=O. The first-order valence-corrected chi connectivity index (χ1v) is 10.0. The lowest BCUT2D eigenvalue weighted by molar-refractivity contribution is 0.405. The highest BCUT2D eigenvalue weighted by Gasteiger charge is 2.22. The number of benzene rings is 2. The number of hydrogen-bond acceptors (Lipinski definition) is 3. The van der Waals surface area contributed by atoms with E-state index in [9.17, 15) is 9.90 Å². The van der Waals surface area contributed by atoms with Gasteiger partial charge in [-0.2, -0.15) is 0 Å². The monoisotopic (exact) mass is 426 g/mol. The molecule has 1 N–H and O–H groups in total. The van der Waals surface area contributed by atoms with E-state index in [1.807, 2.05) is 54.6 Å². The smallest absolute Gasteiger partial charge is 0.343 e. The van der Waals surface area contributed by atoms with Crippen LogP contribution < -0.4 is 5.63 Å². The summed E-state index contributed by atoms with van der Waals surface area (Å²) >= 11 is 3.44. The van der Waals surface area contributed by atoms with Crippen LogP contribution in [0.1, 0.15) is 48.1 Å². The van der Waals surface area contributed by atoms with E-state index in [1.54, 1.807) is 6.07 Å². The highest BCUT2D eigenvalue weighted by atomic mass is 79.9. The molecule has 3 rings (SSSR count). The van der Waals surface area contributed by atoms with Gasteiger partial charge in [-0.05, 0) is 36.1 Å². The molecular weight excluding hydrogens is 404 g/mol. The second-order valence-corrected chi connectivity index (χ2v) is 7.59. The molecule has 0 amide bonds. The molecule has 1 aromatic heterocycles. The molecule has 27 heavy (non-hydrogen) atoms. The summed E-state index contributed by atoms with van der Waals surface area (Å²) in [5.74, 6) is 0.356. The van der Waals surface area contributed by atoms with Crippen LogP contribution in [-0.2, 0) is 12.8 Å². The maximum Gasteiger partial charge on any atom is 0.343 e. The van der Waals surface area contributed by atoms with Gasteiger partial charge in [0.25, 0.3) is 0 Å². The molecule has 3 aromatic rings. The van der Waals surface area contributed by atoms with Crippen molar-refractivity contribution in [2.75, 3.05) is 0 Å². The van der Waals surface area contributed by atoms with Crippen molar-refractivity contribution in [3.05, 3.63) is 98.0 Å². The molecule has 1 unspecified atom stereocenters. The van der Waals surface area contributed by atoms with E-state index in [4.69, 9.17) is 4.42 Å². The van der Waals surface area contributed by atoms with Gasteiger partial charge in [-0.1, -0.05) is 71.7 Å². The Bertz CT molecular complexity index is 930. The largest absolute Gasteiger partial charge is 0.507 e. The van der Waals surface area contributed by atoms with Crippen molar-refractivity contribution in [3.8, 4) is 5.75 Å². The van der Waals surface area contributed by atoms with Crippen molar-refractivity contribution >= 4 is 15.9 Å². The van der Waals surface area contributed by atoms with Crippen LogP contribution in [0.2, 0.25) is 0 Å². The predicted octanol–water partition coefficient (Wildman–Crippen LogP) is 5.83. The van der Waals surface area contributed by atoms with Gasteiger partial charge in [0, 0.05) is 22.9 Å². The van der Waals surface area contributed by atoms with Crippen LogP contribution in [0.25, 0.3) is 0 Å². The summed E-state index contributed by atoms with van der Waals surface area (Å²) in [6.45, 7) is 2.07. The highest BCUT2D eigenvalue weighted by molar-refractivity contribution is 9.10. The van der Waals surface area contributed by atoms with E-state index < -0.39 is 5.63 Å². The molecule has 4 heteroatoms. The van der Waals surface area contributed by atoms with E-state index in [-0.39, 0.29) is 11.7 Å². The van der Waals surface area contributed by atoms with E-state index in [2.05, 4.69) is 22.9 Å². The Labute approximate surface area is 167 Å². The zero-order valence-electron chi connectivity index (χ0n) is 15.3. The number of hydrogen-bond donors (Lipinski definition) is 1. The van der Waals surface area contributed by atoms with Gasteiger partial charge in [-0.25, -0.2) is 4.79 Å². The lowest BCUT2D eigenvalue weighted by atomic mass is 9.88. The number of halogens is 1. The van der Waals surface area contributed by atoms with Gasteiger partial charge in [0.05, 0.1) is 5.56 Å². The molecule has 0 bridgehead atoms. The van der Waals surface area contributed by atoms with Crippen LogP contribution in [0.3, 0.4) is 0 Å². The molecule has 0 radical (unpaired) electrons. The summed E-state index contributed by atoms with van der Waals surface area (Å²) in [6.07, 6.45) is 3.00. The molecule has 0 saturated carbocycles. The van der Waals surface area contributed by atoms with Gasteiger partial charge in [0.2, 0.25) is 0 Å². The van der Waals surface area contributed by atoms with Crippen LogP contribution in [0.4, 0.5) is 0 Å². The Kier molecular flexibility index (Phi) is 6.51. The highest BCUT2D eigenvalue weighted by Crippen LogP contribution is 2.33. The third kappa shape index (κ3) is 4.89. The van der Waals surface area contributed by atoms with Gasteiger partial charge < -0.3 is 9.52 Å². The van der Waals surface area contributed by atoms with Crippen molar-refractivity contribution in [1.29, 1.82) is 0 Å². The first-order chi connectivity index (χ1) is 13.1. The second kappa shape index (κ2) is 9.05. The van der Waals surface area contributed by atoms with Gasteiger partial charge in [0.1, 0.15) is 11.5 Å². The summed E-state index contributed by atoms with van der Waals surface area (Å²) < 4.78 is 6.54. The second-order valence-electron chi connectivity index (χ2n) is 6.68. The van der Waals surface area contributed by atoms with Gasteiger partial charge >= 0.3 is 5.63 Å². The van der Waals surface area contributed by atoms with Crippen molar-refractivity contribution < 1.29 is 9.52 Å². The van der Waals surface area contributed by atoms with E-state index >= 15 is 0 Å². The average Bonchev–Trinajstić information content (AvgIpc) is 2.67. The third-order valence-electron chi connectivity index (χ3n) is 4.72. The molecule has 0 fully saturated rings. The van der Waals surface area contributed by atoms with Crippen LogP contribution in [0, 0.1) is 0 Å². The van der Waals surface area contributed by atoms with Crippen LogP contribution in [0.5, 0.6) is 5.75 Å². The summed E-state index contributed by atoms with van der Waals surface area (Å²) in [5.41, 5.74) is 2.07. The minimum atomic E-state index is -0.445. The number of rotatable bonds is 7. The van der Waals surface area contributed by atoms with Crippen molar-refractivity contribution in [2.45, 2.75) is 38.5 Å². The van der Waals surface area contributed by atoms with Crippen LogP contribution in [-0.4, -0.2) is 5.11 Å². The first kappa shape index (κ1) is 19.4. The van der Waals surface area contributed by atoms with Crippen molar-refractivity contribution in [2.24, 2.45) is 0 Å². The molecule has 1 heterocycles. The Morgan fingerprint density at radius 2 is 1.74 bits per heavy atom. The molecule has 0 saturated heterocycles. The molecule has 2 aromatic carbocycles. The normalized spacial score (nSPS) is 12.1. The quantitative estimate of drug-likeness (QED) is 0.517. The Morgan fingerprint density at radius 3 is 2.37 bits per heavy atom. The fourth-order valence-corrected chi connectivity index (χ4v) is 3.62. The van der Waals surface area contributed by atoms with Gasteiger partial charge in [0.15, 0.2) is 0 Å². The van der Waals surface area contributed by atoms with Gasteiger partial charge in [-0.15, -0.1) is 0 Å². The summed E-state index contributed by atoms with van der Waals surface area (Å²) in [6, 6.07) is 19.5. The molecule has 0 aliphatic carbocycles.